The summed E-state index contributed by atoms with van der Waals surface area (Å²) in [6, 6.07) is 6.99. The van der Waals surface area contributed by atoms with Gasteiger partial charge in [0.1, 0.15) is 11.4 Å². The van der Waals surface area contributed by atoms with E-state index in [-0.39, 0.29) is 36.8 Å². The van der Waals surface area contributed by atoms with E-state index in [9.17, 15) is 32.4 Å². The second-order valence-electron chi connectivity index (χ2n) is 8.19. The summed E-state index contributed by atoms with van der Waals surface area (Å²) in [5.41, 5.74) is 6.02. The number of piperidine rings is 1. The smallest absolute Gasteiger partial charge is 0.425 e. The normalized spacial score (nSPS) is 16.3. The van der Waals surface area contributed by atoms with Gasteiger partial charge in [0.15, 0.2) is 11.9 Å². The van der Waals surface area contributed by atoms with Gasteiger partial charge >= 0.3 is 12.3 Å². The third-order valence-electron chi connectivity index (χ3n) is 5.83. The Hall–Kier alpha value is -3.82. The van der Waals surface area contributed by atoms with E-state index in [1.807, 2.05) is 0 Å². The number of nitrogens with two attached hydrogens (primary N) is 1. The van der Waals surface area contributed by atoms with Crippen LogP contribution < -0.4 is 11.1 Å². The number of anilines is 2. The summed E-state index contributed by atoms with van der Waals surface area (Å²) in [6.45, 7) is 1.04. The minimum atomic E-state index is -4.65. The number of carbonyl (C=O) groups excluding carboxylic acids is 2. The summed E-state index contributed by atoms with van der Waals surface area (Å²) < 4.78 is 57.2. The predicted molar refractivity (Wildman–Crippen MR) is 116 cm³/mol. The lowest BCUT2D eigenvalue weighted by Gasteiger charge is -2.35. The van der Waals surface area contributed by atoms with Crippen LogP contribution >= 0.6 is 0 Å². The van der Waals surface area contributed by atoms with E-state index < -0.39 is 36.1 Å². The van der Waals surface area contributed by atoms with E-state index >= 15 is 0 Å². The molecular formula is C22H24F4N6O3. The zero-order valence-corrected chi connectivity index (χ0v) is 18.8. The summed E-state index contributed by atoms with van der Waals surface area (Å²) in [4.78, 5) is 25.3. The predicted octanol–water partition coefficient (Wildman–Crippen LogP) is 4.12. The average Bonchev–Trinajstić information content (AvgIpc) is 3.22. The molecule has 1 aliphatic rings. The molecule has 3 rings (SSSR count). The Morgan fingerprint density at radius 1 is 1.29 bits per heavy atom. The van der Waals surface area contributed by atoms with E-state index in [2.05, 4.69) is 21.2 Å². The third-order valence-corrected chi connectivity index (χ3v) is 5.83. The van der Waals surface area contributed by atoms with Gasteiger partial charge in [0.05, 0.1) is 18.5 Å². The molecule has 1 saturated heterocycles. The molecule has 2 atom stereocenters. The molecule has 0 spiro atoms. The van der Waals surface area contributed by atoms with Crippen LogP contribution in [0.4, 0.5) is 33.9 Å². The highest BCUT2D eigenvalue weighted by atomic mass is 19.4. The van der Waals surface area contributed by atoms with Crippen molar-refractivity contribution in [3.05, 3.63) is 41.8 Å². The lowest BCUT2D eigenvalue weighted by atomic mass is 9.88. The molecule has 1 aromatic heterocycles. The van der Waals surface area contributed by atoms with Crippen molar-refractivity contribution in [3.8, 4) is 6.07 Å². The lowest BCUT2D eigenvalue weighted by molar-refractivity contribution is -0.199. The summed E-state index contributed by atoms with van der Waals surface area (Å²) >= 11 is 0. The maximum Gasteiger partial charge on any atom is 0.425 e. The number of aromatic nitrogens is 2. The summed E-state index contributed by atoms with van der Waals surface area (Å²) in [5, 5.41) is 16.7. The number of alkyl halides is 3. The molecule has 1 aromatic carbocycles. The monoisotopic (exact) mass is 496 g/mol. The number of amides is 2. The van der Waals surface area contributed by atoms with Crippen LogP contribution in [0.25, 0.3) is 0 Å². The number of rotatable bonds is 7. The highest BCUT2D eigenvalue weighted by Crippen LogP contribution is 2.33. The largest absolute Gasteiger partial charge is 0.437 e. The quantitative estimate of drug-likeness (QED) is 0.556. The second-order valence-corrected chi connectivity index (χ2v) is 8.19. The molecule has 2 heterocycles. The molecule has 1 unspecified atom stereocenters. The van der Waals surface area contributed by atoms with E-state index in [4.69, 9.17) is 5.73 Å². The Morgan fingerprint density at radius 2 is 1.91 bits per heavy atom. The fourth-order valence-electron chi connectivity index (χ4n) is 3.83. The Balaban J connectivity index is 1.73. The van der Waals surface area contributed by atoms with Gasteiger partial charge in [0.25, 0.3) is 5.91 Å². The van der Waals surface area contributed by atoms with Gasteiger partial charge in [-0.15, -0.1) is 0 Å². The van der Waals surface area contributed by atoms with Gasteiger partial charge in [0.2, 0.25) is 0 Å². The lowest BCUT2D eigenvalue weighted by Crippen LogP contribution is -2.43. The maximum atomic E-state index is 13.2. The molecule has 0 saturated carbocycles. The van der Waals surface area contributed by atoms with Crippen molar-refractivity contribution in [2.45, 2.75) is 44.5 Å². The first-order chi connectivity index (χ1) is 16.5. The fraction of sp³-hybridized carbons (Fsp3) is 0.455. The van der Waals surface area contributed by atoms with Gasteiger partial charge in [-0.3, -0.25) is 9.48 Å². The van der Waals surface area contributed by atoms with Crippen LogP contribution in [-0.4, -0.2) is 52.1 Å². The number of benzene rings is 1. The maximum absolute atomic E-state index is 13.2. The number of likely N-dealkylation sites (tertiary alicyclic amines) is 1. The number of primary amides is 1. The average molecular weight is 496 g/mol. The van der Waals surface area contributed by atoms with Crippen LogP contribution in [0.5, 0.6) is 0 Å². The Bertz CT molecular complexity index is 1090. The molecule has 0 bridgehead atoms. The fourth-order valence-corrected chi connectivity index (χ4v) is 3.83. The topological polar surface area (TPSA) is 126 Å². The summed E-state index contributed by atoms with van der Waals surface area (Å²) in [6.07, 6.45) is -5.70. The van der Waals surface area contributed by atoms with E-state index in [1.54, 1.807) is 0 Å². The van der Waals surface area contributed by atoms with Crippen LogP contribution in [0.1, 0.15) is 42.6 Å². The van der Waals surface area contributed by atoms with Gasteiger partial charge in [-0.1, -0.05) is 0 Å². The van der Waals surface area contributed by atoms with E-state index in [0.717, 1.165) is 6.92 Å². The number of ether oxygens (including phenoxy) is 1. The van der Waals surface area contributed by atoms with E-state index in [0.29, 0.717) is 18.5 Å². The number of nitriles is 1. The van der Waals surface area contributed by atoms with E-state index in [1.165, 1.54) is 40.0 Å². The minimum Gasteiger partial charge on any atom is -0.437 e. The van der Waals surface area contributed by atoms with Gasteiger partial charge in [-0.05, 0) is 49.9 Å². The molecule has 2 amide bonds. The van der Waals surface area contributed by atoms with Crippen LogP contribution in [0.3, 0.4) is 0 Å². The van der Waals surface area contributed by atoms with Crippen molar-refractivity contribution in [3.63, 3.8) is 0 Å². The second kappa shape index (κ2) is 10.6. The van der Waals surface area contributed by atoms with Crippen molar-refractivity contribution in [2.24, 2.45) is 11.7 Å². The standard InChI is InChI=1S/C22H24F4N6O3/c1-13(22(24,25)26)35-21(34)31-10-7-14(8-11-31)18(6-9-27)32-12-17(19(28)33)20(30-32)29-16-4-2-15(23)3-5-16/h2-5,12-14,18H,6-8,10-11H2,1H3,(H2,28,33)(H,29,30)/t13?,18-/m0/s1. The first-order valence-corrected chi connectivity index (χ1v) is 10.8. The zero-order chi connectivity index (χ0) is 25.8. The molecule has 0 radical (unpaired) electrons. The Labute approximate surface area is 198 Å². The van der Waals surface area contributed by atoms with Crippen molar-refractivity contribution in [1.29, 1.82) is 5.26 Å². The van der Waals surface area contributed by atoms with Crippen LogP contribution in [-0.2, 0) is 4.74 Å². The number of carbonyl (C=O) groups is 2. The number of hydrogen-bond donors (Lipinski definition) is 2. The first kappa shape index (κ1) is 25.8. The molecule has 1 aliphatic heterocycles. The molecule has 9 nitrogen and oxygen atoms in total. The van der Waals surface area contributed by atoms with Crippen molar-refractivity contribution < 1.29 is 31.9 Å². The Kier molecular flexibility index (Phi) is 7.83. The zero-order valence-electron chi connectivity index (χ0n) is 18.8. The van der Waals surface area contributed by atoms with Gasteiger partial charge in [0, 0.05) is 25.0 Å². The van der Waals surface area contributed by atoms with Gasteiger partial charge in [-0.2, -0.15) is 23.5 Å². The first-order valence-electron chi connectivity index (χ1n) is 10.8. The molecule has 188 valence electrons. The highest BCUT2D eigenvalue weighted by molar-refractivity contribution is 5.98. The van der Waals surface area contributed by atoms with Crippen molar-refractivity contribution >= 4 is 23.5 Å². The van der Waals surface area contributed by atoms with Crippen LogP contribution in [0.2, 0.25) is 0 Å². The SMILES string of the molecule is CC(OC(=O)N1CCC([C@H](CC#N)n2cc(C(N)=O)c(Nc3ccc(F)cc3)n2)CC1)C(F)(F)F. The van der Waals surface area contributed by atoms with Gasteiger partial charge < -0.3 is 20.7 Å². The Morgan fingerprint density at radius 3 is 2.46 bits per heavy atom. The molecule has 3 N–H and O–H groups in total. The molecule has 1 fully saturated rings. The molecular weight excluding hydrogens is 472 g/mol. The summed E-state index contributed by atoms with van der Waals surface area (Å²) in [5.74, 6) is -1.21. The van der Waals surface area contributed by atoms with Crippen molar-refractivity contribution in [2.75, 3.05) is 18.4 Å². The third kappa shape index (κ3) is 6.40. The molecule has 35 heavy (non-hydrogen) atoms. The highest BCUT2D eigenvalue weighted by Gasteiger charge is 2.40. The molecule has 13 heteroatoms. The number of hydrogen-bond acceptors (Lipinski definition) is 6. The summed E-state index contributed by atoms with van der Waals surface area (Å²) in [7, 11) is 0. The molecule has 0 aliphatic carbocycles. The van der Waals surface area contributed by atoms with Crippen LogP contribution in [0.15, 0.2) is 30.5 Å². The molecule has 2 aromatic rings. The van der Waals surface area contributed by atoms with Gasteiger partial charge in [-0.25, -0.2) is 9.18 Å². The number of halogens is 4. The minimum absolute atomic E-state index is 0.0378. The van der Waals surface area contributed by atoms with Crippen molar-refractivity contribution in [1.82, 2.24) is 14.7 Å². The number of nitrogens with one attached hydrogen (secondary N) is 1. The van der Waals surface area contributed by atoms with Crippen LogP contribution in [0, 0.1) is 23.1 Å². The number of nitrogens with zero attached hydrogens (tertiary/aromatic N) is 4.